The molecule has 0 spiro atoms. The van der Waals surface area contributed by atoms with Gasteiger partial charge in [0.05, 0.1) is 11.7 Å². The monoisotopic (exact) mass is 392 g/mol. The van der Waals surface area contributed by atoms with Gasteiger partial charge in [0.25, 0.3) is 5.91 Å². The van der Waals surface area contributed by atoms with E-state index in [0.717, 1.165) is 25.9 Å². The molecule has 2 aromatic rings. The lowest BCUT2D eigenvalue weighted by molar-refractivity contribution is 0.0804. The van der Waals surface area contributed by atoms with Gasteiger partial charge >= 0.3 is 0 Å². The molecular formula is C20H22ClFN2O3. The fourth-order valence-electron chi connectivity index (χ4n) is 2.96. The summed E-state index contributed by atoms with van der Waals surface area (Å²) in [5.74, 6) is 0.137. The summed E-state index contributed by atoms with van der Waals surface area (Å²) in [7, 11) is 0. The Balaban J connectivity index is 1.61. The van der Waals surface area contributed by atoms with Crippen molar-refractivity contribution in [1.82, 2.24) is 10.2 Å². The molecule has 1 amide bonds. The second kappa shape index (κ2) is 9.17. The second-order valence-corrected chi connectivity index (χ2v) is 6.96. The third kappa shape index (κ3) is 5.66. The number of aliphatic hydroxyl groups excluding tert-OH is 1. The fraction of sp³-hybridized carbons (Fsp3) is 0.350. The van der Waals surface area contributed by atoms with Gasteiger partial charge in [0.15, 0.2) is 0 Å². The normalized spacial score (nSPS) is 15.5. The number of piperidine rings is 1. The quantitative estimate of drug-likeness (QED) is 0.790. The summed E-state index contributed by atoms with van der Waals surface area (Å²) in [6, 6.07) is 10.4. The number of benzene rings is 2. The number of nitrogens with zero attached hydrogens (tertiary/aromatic N) is 1. The predicted octanol–water partition coefficient (Wildman–Crippen LogP) is 3.46. The number of carbonyl (C=O) groups is 1. The van der Waals surface area contributed by atoms with E-state index in [4.69, 9.17) is 16.3 Å². The van der Waals surface area contributed by atoms with Gasteiger partial charge in [-0.1, -0.05) is 11.6 Å². The lowest BCUT2D eigenvalue weighted by Gasteiger charge is -2.29. The average molecular weight is 393 g/mol. The molecule has 1 aliphatic rings. The molecule has 1 aliphatic heterocycles. The molecule has 27 heavy (non-hydrogen) atoms. The molecule has 1 heterocycles. The first-order valence-electron chi connectivity index (χ1n) is 8.93. The lowest BCUT2D eigenvalue weighted by Crippen LogP contribution is -2.40. The van der Waals surface area contributed by atoms with Crippen molar-refractivity contribution >= 4 is 17.5 Å². The van der Waals surface area contributed by atoms with Crippen molar-refractivity contribution < 1.29 is 19.0 Å². The van der Waals surface area contributed by atoms with E-state index in [9.17, 15) is 14.3 Å². The van der Waals surface area contributed by atoms with E-state index in [-0.39, 0.29) is 17.8 Å². The zero-order chi connectivity index (χ0) is 19.2. The Morgan fingerprint density at radius 3 is 2.63 bits per heavy atom. The lowest BCUT2D eigenvalue weighted by atomic mass is 10.1. The van der Waals surface area contributed by atoms with Crippen LogP contribution in [0.2, 0.25) is 5.02 Å². The molecule has 0 saturated carbocycles. The fourth-order valence-corrected chi connectivity index (χ4v) is 3.14. The molecule has 144 valence electrons. The molecule has 1 saturated heterocycles. The zero-order valence-electron chi connectivity index (χ0n) is 14.8. The Bertz CT molecular complexity index is 777. The topological polar surface area (TPSA) is 61.8 Å². The van der Waals surface area contributed by atoms with Crippen molar-refractivity contribution in [2.75, 3.05) is 26.2 Å². The van der Waals surface area contributed by atoms with Crippen LogP contribution in [-0.2, 0) is 0 Å². The molecule has 0 bridgehead atoms. The number of ether oxygens (including phenoxy) is 1. The maximum absolute atomic E-state index is 13.0. The molecular weight excluding hydrogens is 371 g/mol. The minimum absolute atomic E-state index is 0.214. The summed E-state index contributed by atoms with van der Waals surface area (Å²) < 4.78 is 18.8. The third-order valence-corrected chi connectivity index (χ3v) is 4.73. The number of likely N-dealkylation sites (tertiary alicyclic amines) is 1. The molecule has 2 N–H and O–H groups in total. The van der Waals surface area contributed by atoms with Crippen molar-refractivity contribution in [2.45, 2.75) is 18.9 Å². The van der Waals surface area contributed by atoms with Gasteiger partial charge in [-0.2, -0.15) is 0 Å². The number of carbonyl (C=O) groups excluding carboxylic acids is 1. The second-order valence-electron chi connectivity index (χ2n) is 6.53. The summed E-state index contributed by atoms with van der Waals surface area (Å²) in [5.41, 5.74) is 0.320. The molecule has 0 radical (unpaired) electrons. The summed E-state index contributed by atoms with van der Waals surface area (Å²) in [5, 5.41) is 12.8. The van der Waals surface area contributed by atoms with Crippen LogP contribution in [0.3, 0.4) is 0 Å². The first-order valence-corrected chi connectivity index (χ1v) is 9.30. The van der Waals surface area contributed by atoms with E-state index >= 15 is 0 Å². The molecule has 0 unspecified atom stereocenters. The number of halogens is 2. The van der Waals surface area contributed by atoms with Crippen LogP contribution in [0, 0.1) is 5.82 Å². The zero-order valence-corrected chi connectivity index (χ0v) is 15.6. The Kier molecular flexibility index (Phi) is 6.66. The molecule has 0 aromatic heterocycles. The Hall–Kier alpha value is -2.15. The van der Waals surface area contributed by atoms with Crippen molar-refractivity contribution in [1.29, 1.82) is 0 Å². The minimum Gasteiger partial charge on any atom is -0.457 e. The van der Waals surface area contributed by atoms with E-state index in [1.165, 1.54) is 24.3 Å². The molecule has 1 fully saturated rings. The Labute approximate surface area is 162 Å². The van der Waals surface area contributed by atoms with Gasteiger partial charge in [-0.25, -0.2) is 4.39 Å². The van der Waals surface area contributed by atoms with E-state index in [1.54, 1.807) is 18.2 Å². The highest BCUT2D eigenvalue weighted by molar-refractivity contribution is 6.31. The number of amides is 1. The maximum atomic E-state index is 13.0. The van der Waals surface area contributed by atoms with Crippen LogP contribution in [0.25, 0.3) is 0 Å². The Morgan fingerprint density at radius 1 is 1.22 bits per heavy atom. The van der Waals surface area contributed by atoms with Gasteiger partial charge in [0.2, 0.25) is 0 Å². The van der Waals surface area contributed by atoms with E-state index in [1.807, 2.05) is 0 Å². The average Bonchev–Trinajstić information content (AvgIpc) is 2.66. The first-order chi connectivity index (χ1) is 13.0. The highest BCUT2D eigenvalue weighted by atomic mass is 35.5. The Morgan fingerprint density at radius 2 is 1.93 bits per heavy atom. The van der Waals surface area contributed by atoms with Crippen LogP contribution in [0.15, 0.2) is 42.5 Å². The predicted molar refractivity (Wildman–Crippen MR) is 102 cm³/mol. The van der Waals surface area contributed by atoms with Gasteiger partial charge in [-0.15, -0.1) is 0 Å². The summed E-state index contributed by atoms with van der Waals surface area (Å²) in [6.07, 6.45) is 1.31. The molecule has 7 heteroatoms. The largest absolute Gasteiger partial charge is 0.457 e. The van der Waals surface area contributed by atoms with Crippen LogP contribution < -0.4 is 10.1 Å². The number of rotatable bonds is 6. The molecule has 5 nitrogen and oxygen atoms in total. The van der Waals surface area contributed by atoms with Crippen LogP contribution in [-0.4, -0.2) is 48.2 Å². The summed E-state index contributed by atoms with van der Waals surface area (Å²) in [4.78, 5) is 14.8. The minimum atomic E-state index is -0.360. The number of aliphatic hydroxyl groups is 1. The van der Waals surface area contributed by atoms with Crippen LogP contribution >= 0.6 is 11.6 Å². The van der Waals surface area contributed by atoms with Gasteiger partial charge in [-0.3, -0.25) is 4.79 Å². The number of hydrogen-bond donors (Lipinski definition) is 2. The standard InChI is InChI=1S/C20H22ClFN2O3/c21-14-1-6-19(27-17-4-2-15(22)3-5-17)18(13-14)20(26)23-9-12-24-10-7-16(25)8-11-24/h1-6,13,16,25H,7-12H2,(H,23,26). The van der Waals surface area contributed by atoms with E-state index < -0.39 is 0 Å². The molecule has 0 atom stereocenters. The SMILES string of the molecule is O=C(NCCN1CCC(O)CC1)c1cc(Cl)ccc1Oc1ccc(F)cc1. The highest BCUT2D eigenvalue weighted by Gasteiger charge is 2.18. The molecule has 3 rings (SSSR count). The van der Waals surface area contributed by atoms with E-state index in [0.29, 0.717) is 35.2 Å². The van der Waals surface area contributed by atoms with Crippen molar-refractivity contribution in [3.8, 4) is 11.5 Å². The van der Waals surface area contributed by atoms with E-state index in [2.05, 4.69) is 10.2 Å². The third-order valence-electron chi connectivity index (χ3n) is 4.50. The van der Waals surface area contributed by atoms with Gasteiger partial charge in [0.1, 0.15) is 17.3 Å². The number of hydrogen-bond acceptors (Lipinski definition) is 4. The van der Waals surface area contributed by atoms with Crippen LogP contribution in [0.1, 0.15) is 23.2 Å². The van der Waals surface area contributed by atoms with Gasteiger partial charge in [-0.05, 0) is 55.3 Å². The summed E-state index contributed by atoms with van der Waals surface area (Å²) >= 11 is 6.04. The van der Waals surface area contributed by atoms with Crippen LogP contribution in [0.5, 0.6) is 11.5 Å². The van der Waals surface area contributed by atoms with Crippen molar-refractivity contribution in [2.24, 2.45) is 0 Å². The van der Waals surface area contributed by atoms with Gasteiger partial charge < -0.3 is 20.1 Å². The van der Waals surface area contributed by atoms with Gasteiger partial charge in [0, 0.05) is 31.2 Å². The maximum Gasteiger partial charge on any atom is 0.255 e. The van der Waals surface area contributed by atoms with Crippen LogP contribution in [0.4, 0.5) is 4.39 Å². The van der Waals surface area contributed by atoms with Crippen molar-refractivity contribution in [3.05, 3.63) is 58.9 Å². The smallest absolute Gasteiger partial charge is 0.255 e. The molecule has 2 aromatic carbocycles. The van der Waals surface area contributed by atoms with Crippen molar-refractivity contribution in [3.63, 3.8) is 0 Å². The molecule has 0 aliphatic carbocycles. The number of nitrogens with one attached hydrogen (secondary N) is 1. The highest BCUT2D eigenvalue weighted by Crippen LogP contribution is 2.28. The first kappa shape index (κ1) is 19.6. The summed E-state index contributed by atoms with van der Waals surface area (Å²) in [6.45, 7) is 2.85.